The Morgan fingerprint density at radius 2 is 2.16 bits per heavy atom. The van der Waals surface area contributed by atoms with Gasteiger partial charge in [-0.25, -0.2) is 4.79 Å². The van der Waals surface area contributed by atoms with Crippen LogP contribution in [-0.2, 0) is 4.74 Å². The van der Waals surface area contributed by atoms with Crippen molar-refractivity contribution >= 4 is 11.6 Å². The molecule has 0 aliphatic heterocycles. The number of aromatic nitrogens is 4. The normalized spacial score (nSPS) is 10.6. The summed E-state index contributed by atoms with van der Waals surface area (Å²) < 4.78 is 6.47. The highest BCUT2D eigenvalue weighted by molar-refractivity contribution is 5.95. The topological polar surface area (TPSA) is 69.4 Å². The van der Waals surface area contributed by atoms with Crippen LogP contribution in [0.2, 0.25) is 0 Å². The van der Waals surface area contributed by atoms with Crippen LogP contribution in [0.25, 0.3) is 17.0 Å². The quantitative estimate of drug-likeness (QED) is 0.649. The molecule has 0 aliphatic rings. The molecule has 0 aromatic carbocycles. The SMILES string of the molecule is COC(=O)c1cccn2c(-c3cccnc3)nnc12. The van der Waals surface area contributed by atoms with Gasteiger partial charge in [0.2, 0.25) is 0 Å². The molecule has 3 rings (SSSR count). The van der Waals surface area contributed by atoms with E-state index in [1.165, 1.54) is 7.11 Å². The molecule has 6 heteroatoms. The molecule has 0 saturated carbocycles. The van der Waals surface area contributed by atoms with Gasteiger partial charge in [0.15, 0.2) is 11.5 Å². The maximum Gasteiger partial charge on any atom is 0.341 e. The molecular formula is C13H10N4O2. The highest BCUT2D eigenvalue weighted by Gasteiger charge is 2.15. The minimum Gasteiger partial charge on any atom is -0.465 e. The number of rotatable bonds is 2. The molecule has 0 fully saturated rings. The van der Waals surface area contributed by atoms with Gasteiger partial charge in [-0.3, -0.25) is 9.38 Å². The number of nitrogens with zero attached hydrogens (tertiary/aromatic N) is 4. The van der Waals surface area contributed by atoms with Gasteiger partial charge < -0.3 is 4.74 Å². The predicted octanol–water partition coefficient (Wildman–Crippen LogP) is 1.58. The Hall–Kier alpha value is -2.76. The van der Waals surface area contributed by atoms with Crippen LogP contribution >= 0.6 is 0 Å². The number of ether oxygens (including phenoxy) is 1. The zero-order valence-corrected chi connectivity index (χ0v) is 10.1. The monoisotopic (exact) mass is 254 g/mol. The first-order valence-electron chi connectivity index (χ1n) is 5.63. The van der Waals surface area contributed by atoms with Crippen molar-refractivity contribution in [3.8, 4) is 11.4 Å². The van der Waals surface area contributed by atoms with Gasteiger partial charge in [0.05, 0.1) is 7.11 Å². The van der Waals surface area contributed by atoms with Crippen molar-refractivity contribution in [3.63, 3.8) is 0 Å². The predicted molar refractivity (Wildman–Crippen MR) is 67.6 cm³/mol. The highest BCUT2D eigenvalue weighted by atomic mass is 16.5. The lowest BCUT2D eigenvalue weighted by Gasteiger charge is -2.02. The number of carbonyl (C=O) groups excluding carboxylic acids is 1. The number of hydrogen-bond acceptors (Lipinski definition) is 5. The van der Waals surface area contributed by atoms with Gasteiger partial charge in [-0.2, -0.15) is 0 Å². The van der Waals surface area contributed by atoms with E-state index in [1.807, 2.05) is 12.1 Å². The van der Waals surface area contributed by atoms with Crippen LogP contribution in [0, 0.1) is 0 Å². The molecule has 19 heavy (non-hydrogen) atoms. The second-order valence-corrected chi connectivity index (χ2v) is 3.87. The standard InChI is InChI=1S/C13H10N4O2/c1-19-13(18)10-5-3-7-17-11(15-16-12(10)17)9-4-2-6-14-8-9/h2-8H,1H3. The summed E-state index contributed by atoms with van der Waals surface area (Å²) in [6.07, 6.45) is 5.18. The maximum atomic E-state index is 11.7. The lowest BCUT2D eigenvalue weighted by molar-refractivity contribution is 0.0602. The van der Waals surface area contributed by atoms with E-state index < -0.39 is 5.97 Å². The molecule has 0 aliphatic carbocycles. The molecule has 3 aromatic rings. The number of carbonyl (C=O) groups is 1. The fourth-order valence-corrected chi connectivity index (χ4v) is 1.88. The Labute approximate surface area is 108 Å². The van der Waals surface area contributed by atoms with E-state index in [0.717, 1.165) is 5.56 Å². The Morgan fingerprint density at radius 3 is 2.89 bits per heavy atom. The van der Waals surface area contributed by atoms with E-state index in [-0.39, 0.29) is 0 Å². The van der Waals surface area contributed by atoms with Crippen molar-refractivity contribution in [2.45, 2.75) is 0 Å². The average Bonchev–Trinajstić information content (AvgIpc) is 2.91. The van der Waals surface area contributed by atoms with Gasteiger partial charge in [-0.05, 0) is 24.3 Å². The van der Waals surface area contributed by atoms with E-state index in [1.54, 1.807) is 35.1 Å². The van der Waals surface area contributed by atoms with E-state index in [9.17, 15) is 4.79 Å². The summed E-state index contributed by atoms with van der Waals surface area (Å²) >= 11 is 0. The lowest BCUT2D eigenvalue weighted by Crippen LogP contribution is -2.04. The van der Waals surface area contributed by atoms with Crippen molar-refractivity contribution in [2.75, 3.05) is 7.11 Å². The van der Waals surface area contributed by atoms with Crippen LogP contribution in [0.3, 0.4) is 0 Å². The minimum atomic E-state index is -0.435. The summed E-state index contributed by atoms with van der Waals surface area (Å²) in [6.45, 7) is 0. The molecule has 3 heterocycles. The Kier molecular flexibility index (Phi) is 2.68. The van der Waals surface area contributed by atoms with Crippen LogP contribution in [0.5, 0.6) is 0 Å². The highest BCUT2D eigenvalue weighted by Crippen LogP contribution is 2.19. The van der Waals surface area contributed by atoms with Crippen molar-refractivity contribution in [2.24, 2.45) is 0 Å². The van der Waals surface area contributed by atoms with Gasteiger partial charge in [-0.1, -0.05) is 0 Å². The third-order valence-electron chi connectivity index (χ3n) is 2.76. The molecule has 0 unspecified atom stereocenters. The summed E-state index contributed by atoms with van der Waals surface area (Å²) in [5.74, 6) is 0.199. The maximum absolute atomic E-state index is 11.7. The van der Waals surface area contributed by atoms with Crippen molar-refractivity contribution < 1.29 is 9.53 Å². The van der Waals surface area contributed by atoms with E-state index in [4.69, 9.17) is 4.74 Å². The van der Waals surface area contributed by atoms with Crippen molar-refractivity contribution in [1.82, 2.24) is 19.6 Å². The fourth-order valence-electron chi connectivity index (χ4n) is 1.88. The molecule has 0 spiro atoms. The summed E-state index contributed by atoms with van der Waals surface area (Å²) in [5.41, 5.74) is 1.68. The van der Waals surface area contributed by atoms with Gasteiger partial charge in [0.1, 0.15) is 5.56 Å². The first-order valence-corrected chi connectivity index (χ1v) is 5.63. The minimum absolute atomic E-state index is 0.382. The fraction of sp³-hybridized carbons (Fsp3) is 0.0769. The molecule has 0 radical (unpaired) electrons. The summed E-state index contributed by atoms with van der Waals surface area (Å²) in [7, 11) is 1.34. The number of esters is 1. The van der Waals surface area contributed by atoms with E-state index in [0.29, 0.717) is 17.0 Å². The number of fused-ring (bicyclic) bond motifs is 1. The largest absolute Gasteiger partial charge is 0.465 e. The second kappa shape index (κ2) is 4.49. The van der Waals surface area contributed by atoms with Gasteiger partial charge >= 0.3 is 5.97 Å². The molecule has 0 saturated heterocycles. The molecule has 3 aromatic heterocycles. The number of methoxy groups -OCH3 is 1. The summed E-state index contributed by atoms with van der Waals surface area (Å²) in [4.78, 5) is 15.7. The summed E-state index contributed by atoms with van der Waals surface area (Å²) in [6, 6.07) is 7.11. The van der Waals surface area contributed by atoms with Gasteiger partial charge in [-0.15, -0.1) is 10.2 Å². The van der Waals surface area contributed by atoms with Crippen LogP contribution in [0.1, 0.15) is 10.4 Å². The van der Waals surface area contributed by atoms with Gasteiger partial charge in [0, 0.05) is 24.2 Å². The molecule has 94 valence electrons. The van der Waals surface area contributed by atoms with Crippen LogP contribution in [-0.4, -0.2) is 32.7 Å². The Morgan fingerprint density at radius 1 is 1.26 bits per heavy atom. The Balaban J connectivity index is 2.23. The Bertz CT molecular complexity index is 737. The van der Waals surface area contributed by atoms with Gasteiger partial charge in [0.25, 0.3) is 0 Å². The first-order chi connectivity index (χ1) is 9.31. The average molecular weight is 254 g/mol. The third-order valence-corrected chi connectivity index (χ3v) is 2.76. The molecule has 6 nitrogen and oxygen atoms in total. The first kappa shape index (κ1) is 11.3. The molecular weight excluding hydrogens is 244 g/mol. The smallest absolute Gasteiger partial charge is 0.341 e. The van der Waals surface area contributed by atoms with E-state index in [2.05, 4.69) is 15.2 Å². The second-order valence-electron chi connectivity index (χ2n) is 3.87. The zero-order chi connectivity index (χ0) is 13.2. The van der Waals surface area contributed by atoms with Crippen molar-refractivity contribution in [3.05, 3.63) is 48.4 Å². The van der Waals surface area contributed by atoms with E-state index >= 15 is 0 Å². The van der Waals surface area contributed by atoms with Crippen molar-refractivity contribution in [1.29, 1.82) is 0 Å². The summed E-state index contributed by atoms with van der Waals surface area (Å²) in [5, 5.41) is 8.16. The van der Waals surface area contributed by atoms with Crippen LogP contribution < -0.4 is 0 Å². The molecule has 0 atom stereocenters. The van der Waals surface area contributed by atoms with Crippen LogP contribution in [0.4, 0.5) is 0 Å². The molecule has 0 bridgehead atoms. The third kappa shape index (κ3) is 1.83. The van der Waals surface area contributed by atoms with Crippen LogP contribution in [0.15, 0.2) is 42.9 Å². The number of pyridine rings is 2. The number of hydrogen-bond donors (Lipinski definition) is 0. The molecule has 0 N–H and O–H groups in total. The molecule has 0 amide bonds. The zero-order valence-electron chi connectivity index (χ0n) is 10.1. The lowest BCUT2D eigenvalue weighted by atomic mass is 10.2.